The second kappa shape index (κ2) is 6.68. The van der Waals surface area contributed by atoms with E-state index in [0.717, 1.165) is 24.3 Å². The predicted octanol–water partition coefficient (Wildman–Crippen LogP) is 2.31. The van der Waals surface area contributed by atoms with Crippen molar-refractivity contribution in [3.05, 3.63) is 47.5 Å². The lowest BCUT2D eigenvalue weighted by molar-refractivity contribution is -0.228. The highest BCUT2D eigenvalue weighted by molar-refractivity contribution is 6.30. The van der Waals surface area contributed by atoms with Crippen LogP contribution in [0.2, 0.25) is 5.02 Å². The number of hydrogen-bond donors (Lipinski definition) is 1. The highest BCUT2D eigenvalue weighted by atomic mass is 35.5. The van der Waals surface area contributed by atoms with Crippen molar-refractivity contribution >= 4 is 11.6 Å². The third-order valence-corrected chi connectivity index (χ3v) is 6.01. The van der Waals surface area contributed by atoms with Gasteiger partial charge in [-0.15, -0.1) is 0 Å². The van der Waals surface area contributed by atoms with E-state index in [2.05, 4.69) is 10.1 Å². The van der Waals surface area contributed by atoms with Crippen molar-refractivity contribution in [1.82, 2.24) is 14.8 Å². The number of rotatable bonds is 4. The van der Waals surface area contributed by atoms with Crippen molar-refractivity contribution in [2.75, 3.05) is 20.0 Å². The van der Waals surface area contributed by atoms with E-state index in [9.17, 15) is 5.11 Å². The molecule has 1 aliphatic carbocycles. The second-order valence-corrected chi connectivity index (χ2v) is 7.62. The standard InChI is InChI=1S/C18H22ClN3O3/c19-16-3-1-14(2-4-16)7-15-5-6-17(9-24-13-25-10-17)18(15,23)8-22-12-20-11-21-22/h1-4,11-12,15,23H,5-10,13H2. The molecule has 0 amide bonds. The minimum Gasteiger partial charge on any atom is -0.387 e. The van der Waals surface area contributed by atoms with Gasteiger partial charge in [0.15, 0.2) is 0 Å². The van der Waals surface area contributed by atoms with Crippen molar-refractivity contribution in [3.8, 4) is 0 Å². The van der Waals surface area contributed by atoms with Gasteiger partial charge >= 0.3 is 0 Å². The van der Waals surface area contributed by atoms with Crippen LogP contribution in [0, 0.1) is 11.3 Å². The molecule has 1 spiro atoms. The van der Waals surface area contributed by atoms with E-state index in [0.29, 0.717) is 26.6 Å². The van der Waals surface area contributed by atoms with Gasteiger partial charge in [-0.25, -0.2) is 4.98 Å². The fourth-order valence-corrected chi connectivity index (χ4v) is 4.47. The maximum Gasteiger partial charge on any atom is 0.146 e. The fourth-order valence-electron chi connectivity index (χ4n) is 4.34. The molecule has 4 rings (SSSR count). The lowest BCUT2D eigenvalue weighted by atomic mass is 9.70. The Morgan fingerprint density at radius 2 is 2.00 bits per heavy atom. The highest BCUT2D eigenvalue weighted by Gasteiger charge is 2.60. The van der Waals surface area contributed by atoms with Gasteiger partial charge in [0, 0.05) is 10.4 Å². The number of ether oxygens (including phenoxy) is 2. The van der Waals surface area contributed by atoms with E-state index >= 15 is 0 Å². The molecule has 1 N–H and O–H groups in total. The maximum atomic E-state index is 11.8. The predicted molar refractivity (Wildman–Crippen MR) is 92.1 cm³/mol. The minimum atomic E-state index is -0.971. The zero-order valence-corrected chi connectivity index (χ0v) is 14.7. The van der Waals surface area contributed by atoms with Gasteiger partial charge in [0.2, 0.25) is 0 Å². The maximum absolute atomic E-state index is 11.8. The number of aliphatic hydroxyl groups is 1. The van der Waals surface area contributed by atoms with E-state index in [1.165, 1.54) is 11.9 Å². The van der Waals surface area contributed by atoms with Crippen LogP contribution in [0.5, 0.6) is 0 Å². The molecule has 25 heavy (non-hydrogen) atoms. The Kier molecular flexibility index (Phi) is 4.54. The Morgan fingerprint density at radius 1 is 1.24 bits per heavy atom. The molecule has 134 valence electrons. The van der Waals surface area contributed by atoms with Crippen LogP contribution in [0.1, 0.15) is 18.4 Å². The molecule has 2 atom stereocenters. The molecule has 7 heteroatoms. The summed E-state index contributed by atoms with van der Waals surface area (Å²) >= 11 is 5.99. The summed E-state index contributed by atoms with van der Waals surface area (Å²) in [6.45, 7) is 1.70. The summed E-state index contributed by atoms with van der Waals surface area (Å²) in [6.07, 6.45) is 5.71. The van der Waals surface area contributed by atoms with Gasteiger partial charge in [-0.1, -0.05) is 23.7 Å². The smallest absolute Gasteiger partial charge is 0.146 e. The van der Waals surface area contributed by atoms with E-state index in [-0.39, 0.29) is 5.92 Å². The first-order valence-electron chi connectivity index (χ1n) is 8.56. The zero-order valence-electron chi connectivity index (χ0n) is 14.0. The molecule has 0 bridgehead atoms. The zero-order chi connectivity index (χ0) is 17.3. The average Bonchev–Trinajstić information content (AvgIpc) is 3.21. The third-order valence-electron chi connectivity index (χ3n) is 5.75. The van der Waals surface area contributed by atoms with E-state index in [1.54, 1.807) is 11.0 Å². The van der Waals surface area contributed by atoms with Gasteiger partial charge in [0.1, 0.15) is 19.4 Å². The summed E-state index contributed by atoms with van der Waals surface area (Å²) in [5.41, 5.74) is -0.212. The number of benzene rings is 1. The molecule has 1 aromatic carbocycles. The number of hydrogen-bond acceptors (Lipinski definition) is 5. The van der Waals surface area contributed by atoms with Gasteiger partial charge in [0.05, 0.1) is 25.4 Å². The molecular weight excluding hydrogens is 342 g/mol. The topological polar surface area (TPSA) is 69.4 Å². The monoisotopic (exact) mass is 363 g/mol. The van der Waals surface area contributed by atoms with E-state index < -0.39 is 11.0 Å². The molecule has 1 aromatic heterocycles. The second-order valence-electron chi connectivity index (χ2n) is 7.18. The van der Waals surface area contributed by atoms with Gasteiger partial charge in [-0.2, -0.15) is 5.10 Å². The molecule has 1 saturated carbocycles. The summed E-state index contributed by atoms with van der Waals surface area (Å²) in [4.78, 5) is 4.01. The van der Waals surface area contributed by atoms with E-state index in [4.69, 9.17) is 21.1 Å². The van der Waals surface area contributed by atoms with Crippen molar-refractivity contribution in [3.63, 3.8) is 0 Å². The summed E-state index contributed by atoms with van der Waals surface area (Å²) < 4.78 is 12.9. The van der Waals surface area contributed by atoms with Crippen molar-refractivity contribution < 1.29 is 14.6 Å². The first-order valence-corrected chi connectivity index (χ1v) is 8.94. The minimum absolute atomic E-state index is 0.0863. The Hall–Kier alpha value is -1.47. The average molecular weight is 364 g/mol. The summed E-state index contributed by atoms with van der Waals surface area (Å²) in [7, 11) is 0. The fraction of sp³-hybridized carbons (Fsp3) is 0.556. The number of nitrogens with zero attached hydrogens (tertiary/aromatic N) is 3. The lowest BCUT2D eigenvalue weighted by Crippen LogP contribution is -2.57. The van der Waals surface area contributed by atoms with Crippen LogP contribution >= 0.6 is 11.6 Å². The van der Waals surface area contributed by atoms with Crippen LogP contribution in [0.15, 0.2) is 36.9 Å². The molecule has 2 heterocycles. The van der Waals surface area contributed by atoms with Crippen molar-refractivity contribution in [2.24, 2.45) is 11.3 Å². The van der Waals surface area contributed by atoms with Crippen molar-refractivity contribution in [1.29, 1.82) is 0 Å². The molecule has 1 saturated heterocycles. The largest absolute Gasteiger partial charge is 0.387 e. The molecule has 0 radical (unpaired) electrons. The van der Waals surface area contributed by atoms with Crippen LogP contribution < -0.4 is 0 Å². The third kappa shape index (κ3) is 3.08. The van der Waals surface area contributed by atoms with Gasteiger partial charge in [0.25, 0.3) is 0 Å². The highest BCUT2D eigenvalue weighted by Crippen LogP contribution is 2.53. The van der Waals surface area contributed by atoms with Crippen LogP contribution in [0.25, 0.3) is 0 Å². The number of aromatic nitrogens is 3. The molecular formula is C18H22ClN3O3. The normalized spacial score (nSPS) is 28.5. The molecule has 2 aromatic rings. The molecule has 1 aliphatic heterocycles. The molecule has 2 fully saturated rings. The molecule has 2 unspecified atom stereocenters. The lowest BCUT2D eigenvalue weighted by Gasteiger charge is -2.46. The summed E-state index contributed by atoms with van der Waals surface area (Å²) in [5.74, 6) is 0.0863. The van der Waals surface area contributed by atoms with Crippen LogP contribution in [-0.4, -0.2) is 45.5 Å². The van der Waals surface area contributed by atoms with Crippen LogP contribution in [0.4, 0.5) is 0 Å². The Labute approximate surface area is 151 Å². The van der Waals surface area contributed by atoms with Crippen molar-refractivity contribution in [2.45, 2.75) is 31.4 Å². The van der Waals surface area contributed by atoms with Crippen LogP contribution in [0.3, 0.4) is 0 Å². The van der Waals surface area contributed by atoms with Gasteiger partial charge in [-0.05, 0) is 42.9 Å². The first kappa shape index (κ1) is 17.0. The van der Waals surface area contributed by atoms with Gasteiger partial charge < -0.3 is 14.6 Å². The first-order chi connectivity index (χ1) is 12.1. The molecule has 2 aliphatic rings. The Morgan fingerprint density at radius 3 is 2.68 bits per heavy atom. The number of halogens is 1. The quantitative estimate of drug-likeness (QED) is 0.902. The van der Waals surface area contributed by atoms with E-state index in [1.807, 2.05) is 24.3 Å². The summed E-state index contributed by atoms with van der Waals surface area (Å²) in [5, 5.41) is 16.8. The summed E-state index contributed by atoms with van der Waals surface area (Å²) in [6, 6.07) is 7.84. The SMILES string of the molecule is OC1(Cn2cncn2)C(Cc2ccc(Cl)cc2)CCC12COCOC2. The van der Waals surface area contributed by atoms with Crippen LogP contribution in [-0.2, 0) is 22.4 Å². The Balaban J connectivity index is 1.63. The van der Waals surface area contributed by atoms with Gasteiger partial charge in [-0.3, -0.25) is 4.68 Å². The Bertz CT molecular complexity index is 701. The molecule has 6 nitrogen and oxygen atoms in total.